The average molecular weight is 332 g/mol. The summed E-state index contributed by atoms with van der Waals surface area (Å²) in [5.74, 6) is 0.946. The smallest absolute Gasteiger partial charge is 0.129 e. The second kappa shape index (κ2) is 8.29. The summed E-state index contributed by atoms with van der Waals surface area (Å²) in [6.07, 6.45) is 1.86. The minimum Gasteiger partial charge on any atom is -0.492 e. The normalized spacial score (nSPS) is 16.4. The van der Waals surface area contributed by atoms with Crippen LogP contribution in [0.5, 0.6) is 5.75 Å². The van der Waals surface area contributed by atoms with Crippen molar-refractivity contribution in [1.82, 2.24) is 14.8 Å². The molecule has 1 aromatic heterocycles. The monoisotopic (exact) mass is 331 g/mol. The van der Waals surface area contributed by atoms with E-state index < -0.39 is 0 Å². The lowest BCUT2D eigenvalue weighted by atomic mass is 10.2. The number of pyridine rings is 1. The zero-order valence-electron chi connectivity index (χ0n) is 13.2. The number of hydrogen-bond acceptors (Lipinski definition) is 4. The predicted octanol–water partition coefficient (Wildman–Crippen LogP) is 2.93. The van der Waals surface area contributed by atoms with Crippen molar-refractivity contribution in [3.05, 3.63) is 59.4 Å². The summed E-state index contributed by atoms with van der Waals surface area (Å²) in [6.45, 7) is 6.98. The second-order valence-corrected chi connectivity index (χ2v) is 6.16. The Morgan fingerprint density at radius 1 is 0.957 bits per heavy atom. The molecule has 23 heavy (non-hydrogen) atoms. The molecule has 0 saturated carbocycles. The van der Waals surface area contributed by atoms with Gasteiger partial charge in [0, 0.05) is 45.5 Å². The highest BCUT2D eigenvalue weighted by Gasteiger charge is 2.16. The maximum absolute atomic E-state index is 5.82. The summed E-state index contributed by atoms with van der Waals surface area (Å²) in [5, 5.41) is 0.553. The number of aromatic nitrogens is 1. The molecule has 0 unspecified atom stereocenters. The number of rotatable bonds is 6. The average Bonchev–Trinajstić information content (AvgIpc) is 2.59. The molecule has 0 N–H and O–H groups in total. The number of para-hydroxylation sites is 1. The van der Waals surface area contributed by atoms with Crippen LogP contribution in [0.1, 0.15) is 5.56 Å². The zero-order chi connectivity index (χ0) is 15.9. The van der Waals surface area contributed by atoms with Gasteiger partial charge in [-0.25, -0.2) is 4.98 Å². The molecule has 5 heteroatoms. The number of nitrogens with zero attached hydrogens (tertiary/aromatic N) is 3. The summed E-state index contributed by atoms with van der Waals surface area (Å²) in [7, 11) is 0. The molecule has 0 aliphatic carbocycles. The minimum absolute atomic E-state index is 0.553. The Labute approximate surface area is 142 Å². The predicted molar refractivity (Wildman–Crippen MR) is 92.9 cm³/mol. The topological polar surface area (TPSA) is 28.6 Å². The molecule has 4 nitrogen and oxygen atoms in total. The van der Waals surface area contributed by atoms with Gasteiger partial charge in [0.2, 0.25) is 0 Å². The molecule has 1 aliphatic heterocycles. The molecule has 2 heterocycles. The van der Waals surface area contributed by atoms with Crippen molar-refractivity contribution in [3.8, 4) is 5.75 Å². The van der Waals surface area contributed by atoms with E-state index in [4.69, 9.17) is 16.3 Å². The van der Waals surface area contributed by atoms with Gasteiger partial charge in [-0.3, -0.25) is 9.80 Å². The number of piperazine rings is 1. The van der Waals surface area contributed by atoms with Crippen LogP contribution in [0.25, 0.3) is 0 Å². The number of ether oxygens (including phenoxy) is 1. The van der Waals surface area contributed by atoms with Gasteiger partial charge in [-0.2, -0.15) is 0 Å². The number of benzene rings is 1. The first-order chi connectivity index (χ1) is 11.3. The number of halogens is 1. The third-order valence-corrected chi connectivity index (χ3v) is 4.30. The summed E-state index contributed by atoms with van der Waals surface area (Å²) in [6, 6.07) is 13.9. The number of hydrogen-bond donors (Lipinski definition) is 0. The van der Waals surface area contributed by atoms with E-state index in [1.807, 2.05) is 42.6 Å². The molecule has 0 amide bonds. The van der Waals surface area contributed by atoms with E-state index in [0.29, 0.717) is 5.15 Å². The van der Waals surface area contributed by atoms with Crippen molar-refractivity contribution in [2.45, 2.75) is 6.54 Å². The highest BCUT2D eigenvalue weighted by molar-refractivity contribution is 6.29. The van der Waals surface area contributed by atoms with Gasteiger partial charge < -0.3 is 4.74 Å². The van der Waals surface area contributed by atoms with Crippen LogP contribution in [-0.2, 0) is 6.54 Å². The third-order valence-electron chi connectivity index (χ3n) is 4.08. The van der Waals surface area contributed by atoms with Gasteiger partial charge in [-0.15, -0.1) is 0 Å². The minimum atomic E-state index is 0.553. The van der Waals surface area contributed by atoms with Gasteiger partial charge in [0.1, 0.15) is 17.5 Å². The first-order valence-corrected chi connectivity index (χ1v) is 8.40. The molecule has 122 valence electrons. The van der Waals surface area contributed by atoms with Crippen LogP contribution in [-0.4, -0.2) is 54.1 Å². The largest absolute Gasteiger partial charge is 0.492 e. The van der Waals surface area contributed by atoms with E-state index in [1.54, 1.807) is 0 Å². The van der Waals surface area contributed by atoms with Gasteiger partial charge in [-0.05, 0) is 23.8 Å². The van der Waals surface area contributed by atoms with Gasteiger partial charge in [0.15, 0.2) is 0 Å². The molecule has 0 bridgehead atoms. The maximum Gasteiger partial charge on any atom is 0.129 e. The molecule has 0 atom stereocenters. The van der Waals surface area contributed by atoms with Crippen molar-refractivity contribution in [2.24, 2.45) is 0 Å². The molecule has 1 aromatic carbocycles. The van der Waals surface area contributed by atoms with Crippen molar-refractivity contribution in [3.63, 3.8) is 0 Å². The van der Waals surface area contributed by atoms with Gasteiger partial charge in [0.25, 0.3) is 0 Å². The quantitative estimate of drug-likeness (QED) is 0.761. The SMILES string of the molecule is Clc1ccc(CN2CCN(CCOc3ccccc3)CC2)cn1. The van der Waals surface area contributed by atoms with Crippen LogP contribution in [0.3, 0.4) is 0 Å². The van der Waals surface area contributed by atoms with E-state index >= 15 is 0 Å². The Bertz CT molecular complexity index is 583. The fourth-order valence-corrected chi connectivity index (χ4v) is 2.85. The molecule has 1 saturated heterocycles. The van der Waals surface area contributed by atoms with Crippen molar-refractivity contribution in [1.29, 1.82) is 0 Å². The lowest BCUT2D eigenvalue weighted by Crippen LogP contribution is -2.47. The van der Waals surface area contributed by atoms with Crippen molar-refractivity contribution < 1.29 is 4.74 Å². The molecule has 3 rings (SSSR count). The summed E-state index contributed by atoms with van der Waals surface area (Å²) in [5.41, 5.74) is 1.22. The molecule has 1 fully saturated rings. The van der Waals surface area contributed by atoms with E-state index in [-0.39, 0.29) is 0 Å². The molecule has 2 aromatic rings. The fourth-order valence-electron chi connectivity index (χ4n) is 2.74. The van der Waals surface area contributed by atoms with Gasteiger partial charge >= 0.3 is 0 Å². The Morgan fingerprint density at radius 2 is 1.70 bits per heavy atom. The highest BCUT2D eigenvalue weighted by atomic mass is 35.5. The Hall–Kier alpha value is -1.62. The molecule has 1 aliphatic rings. The van der Waals surface area contributed by atoms with Crippen LogP contribution in [0.15, 0.2) is 48.7 Å². The molecule has 0 radical (unpaired) electrons. The molecular formula is C18H22ClN3O. The van der Waals surface area contributed by atoms with Crippen LogP contribution in [0, 0.1) is 0 Å². The van der Waals surface area contributed by atoms with Crippen molar-refractivity contribution in [2.75, 3.05) is 39.3 Å². The van der Waals surface area contributed by atoms with E-state index in [0.717, 1.165) is 51.6 Å². The first kappa shape index (κ1) is 16.2. The molecular weight excluding hydrogens is 310 g/mol. The standard InChI is InChI=1S/C18H22ClN3O/c19-18-7-6-16(14-20-18)15-22-10-8-21(9-11-22)12-13-23-17-4-2-1-3-5-17/h1-7,14H,8-13,15H2. The molecule has 0 spiro atoms. The van der Waals surface area contributed by atoms with Gasteiger partial charge in [-0.1, -0.05) is 35.9 Å². The Balaban J connectivity index is 1.36. The van der Waals surface area contributed by atoms with Crippen molar-refractivity contribution >= 4 is 11.6 Å². The van der Waals surface area contributed by atoms with Crippen LogP contribution in [0.2, 0.25) is 5.15 Å². The van der Waals surface area contributed by atoms with E-state index in [9.17, 15) is 0 Å². The van der Waals surface area contributed by atoms with Gasteiger partial charge in [0.05, 0.1) is 0 Å². The summed E-state index contributed by atoms with van der Waals surface area (Å²) in [4.78, 5) is 9.06. The lowest BCUT2D eigenvalue weighted by Gasteiger charge is -2.34. The Kier molecular flexibility index (Phi) is 5.86. The summed E-state index contributed by atoms with van der Waals surface area (Å²) < 4.78 is 5.77. The van der Waals surface area contributed by atoms with Crippen LogP contribution in [0.4, 0.5) is 0 Å². The summed E-state index contributed by atoms with van der Waals surface area (Å²) >= 11 is 5.82. The van der Waals surface area contributed by atoms with E-state index in [2.05, 4.69) is 20.9 Å². The lowest BCUT2D eigenvalue weighted by molar-refractivity contribution is 0.112. The fraction of sp³-hybridized carbons (Fsp3) is 0.389. The van der Waals surface area contributed by atoms with Crippen LogP contribution < -0.4 is 4.74 Å². The zero-order valence-corrected chi connectivity index (χ0v) is 14.0. The second-order valence-electron chi connectivity index (χ2n) is 5.77. The third kappa shape index (κ3) is 5.20. The first-order valence-electron chi connectivity index (χ1n) is 8.02. The Morgan fingerprint density at radius 3 is 2.39 bits per heavy atom. The highest BCUT2D eigenvalue weighted by Crippen LogP contribution is 2.11. The maximum atomic E-state index is 5.82. The van der Waals surface area contributed by atoms with Crippen LogP contribution >= 0.6 is 11.6 Å². The van der Waals surface area contributed by atoms with E-state index in [1.165, 1.54) is 5.56 Å².